The summed E-state index contributed by atoms with van der Waals surface area (Å²) in [5.74, 6) is -1.11. The molecule has 6 heteroatoms. The average molecular weight is 275 g/mol. The van der Waals surface area contributed by atoms with Crippen molar-refractivity contribution in [3.63, 3.8) is 0 Å². The number of aromatic nitrogens is 1. The summed E-state index contributed by atoms with van der Waals surface area (Å²) in [6.07, 6.45) is 1.11. The van der Waals surface area contributed by atoms with Crippen LogP contribution in [0.5, 0.6) is 0 Å². The Bertz CT molecular complexity index is 574. The Morgan fingerprint density at radius 3 is 2.45 bits per heavy atom. The summed E-state index contributed by atoms with van der Waals surface area (Å²) in [6, 6.07) is 7.96. The molecule has 0 saturated carbocycles. The van der Waals surface area contributed by atoms with E-state index in [1.165, 1.54) is 0 Å². The second-order valence-corrected chi connectivity index (χ2v) is 4.19. The van der Waals surface area contributed by atoms with Gasteiger partial charge in [-0.05, 0) is 38.1 Å². The number of anilines is 3. The van der Waals surface area contributed by atoms with Gasteiger partial charge in [0.15, 0.2) is 5.69 Å². The molecule has 0 aliphatic carbocycles. The molecule has 0 saturated heterocycles. The summed E-state index contributed by atoms with van der Waals surface area (Å²) in [6.45, 7) is 6.11. The zero-order valence-corrected chi connectivity index (χ0v) is 11.5. The Morgan fingerprint density at radius 1 is 1.30 bits per heavy atom. The predicted octanol–water partition coefficient (Wildman–Crippen LogP) is 2.96. The van der Waals surface area contributed by atoms with Crippen LogP contribution in [0.3, 0.4) is 0 Å². The van der Waals surface area contributed by atoms with Crippen LogP contribution in [0.2, 0.25) is 0 Å². The zero-order valence-electron chi connectivity index (χ0n) is 11.5. The van der Waals surface area contributed by atoms with Crippen LogP contribution in [0, 0.1) is 0 Å². The molecule has 1 heterocycles. The second kappa shape index (κ2) is 6.10. The number of benzene rings is 1. The molecule has 0 atom stereocenters. The van der Waals surface area contributed by atoms with Gasteiger partial charge in [0.1, 0.15) is 6.26 Å². The van der Waals surface area contributed by atoms with Crippen molar-refractivity contribution in [1.82, 2.24) is 4.98 Å². The van der Waals surface area contributed by atoms with Crippen LogP contribution in [0.1, 0.15) is 24.3 Å². The van der Waals surface area contributed by atoms with E-state index in [0.717, 1.165) is 30.7 Å². The van der Waals surface area contributed by atoms with E-state index < -0.39 is 5.97 Å². The highest BCUT2D eigenvalue weighted by molar-refractivity contribution is 5.85. The molecule has 0 amide bonds. The van der Waals surface area contributed by atoms with Crippen LogP contribution in [0.15, 0.2) is 34.9 Å². The Balaban J connectivity index is 2.08. The van der Waals surface area contributed by atoms with Crippen molar-refractivity contribution in [2.24, 2.45) is 0 Å². The minimum atomic E-state index is -1.11. The number of rotatable bonds is 6. The van der Waals surface area contributed by atoms with Crippen molar-refractivity contribution in [2.75, 3.05) is 23.3 Å². The molecule has 20 heavy (non-hydrogen) atoms. The molecule has 0 radical (unpaired) electrons. The van der Waals surface area contributed by atoms with Crippen LogP contribution in [-0.2, 0) is 0 Å². The fraction of sp³-hybridized carbons (Fsp3) is 0.286. The van der Waals surface area contributed by atoms with Gasteiger partial charge in [0.05, 0.1) is 0 Å². The van der Waals surface area contributed by atoms with Gasteiger partial charge in [0.2, 0.25) is 0 Å². The molecule has 1 aromatic heterocycles. The number of carbonyl (C=O) groups is 1. The third-order valence-corrected chi connectivity index (χ3v) is 2.97. The van der Waals surface area contributed by atoms with Crippen molar-refractivity contribution >= 4 is 23.4 Å². The smallest absolute Gasteiger partial charge is 0.357 e. The van der Waals surface area contributed by atoms with Gasteiger partial charge in [-0.25, -0.2) is 4.79 Å². The monoisotopic (exact) mass is 275 g/mol. The van der Waals surface area contributed by atoms with E-state index in [2.05, 4.69) is 29.0 Å². The summed E-state index contributed by atoms with van der Waals surface area (Å²) in [5.41, 5.74) is 1.81. The second-order valence-electron chi connectivity index (χ2n) is 4.19. The molecule has 0 aliphatic rings. The molecular formula is C14H17N3O3. The average Bonchev–Trinajstić information content (AvgIpc) is 2.91. The molecule has 0 spiro atoms. The summed E-state index contributed by atoms with van der Waals surface area (Å²) in [4.78, 5) is 16.7. The number of carboxylic acid groups (broad SMARTS) is 1. The van der Waals surface area contributed by atoms with Gasteiger partial charge < -0.3 is 19.7 Å². The van der Waals surface area contributed by atoms with E-state index in [1.54, 1.807) is 0 Å². The minimum Gasteiger partial charge on any atom is -0.476 e. The number of oxazole rings is 1. The van der Waals surface area contributed by atoms with Gasteiger partial charge in [-0.15, -0.1) is 0 Å². The summed E-state index contributed by atoms with van der Waals surface area (Å²) in [5, 5.41) is 11.7. The van der Waals surface area contributed by atoms with Crippen molar-refractivity contribution in [3.8, 4) is 0 Å². The van der Waals surface area contributed by atoms with Gasteiger partial charge in [-0.1, -0.05) is 0 Å². The quantitative estimate of drug-likeness (QED) is 0.843. The van der Waals surface area contributed by atoms with Gasteiger partial charge in [-0.2, -0.15) is 4.98 Å². The highest BCUT2D eigenvalue weighted by Crippen LogP contribution is 2.20. The van der Waals surface area contributed by atoms with Gasteiger partial charge >= 0.3 is 5.97 Å². The number of carboxylic acids is 1. The lowest BCUT2D eigenvalue weighted by Gasteiger charge is -2.21. The topological polar surface area (TPSA) is 78.6 Å². The van der Waals surface area contributed by atoms with E-state index >= 15 is 0 Å². The number of nitrogens with zero attached hydrogens (tertiary/aromatic N) is 2. The molecule has 2 N–H and O–H groups in total. The lowest BCUT2D eigenvalue weighted by Crippen LogP contribution is -2.21. The first-order valence-corrected chi connectivity index (χ1v) is 6.45. The molecule has 1 aromatic carbocycles. The van der Waals surface area contributed by atoms with Crippen molar-refractivity contribution in [1.29, 1.82) is 0 Å². The first kappa shape index (κ1) is 13.9. The van der Waals surface area contributed by atoms with E-state index in [-0.39, 0.29) is 11.7 Å². The molecule has 0 fully saturated rings. The van der Waals surface area contributed by atoms with E-state index in [1.807, 2.05) is 24.3 Å². The molecule has 2 aromatic rings. The van der Waals surface area contributed by atoms with Crippen LogP contribution in [0.25, 0.3) is 0 Å². The van der Waals surface area contributed by atoms with Crippen molar-refractivity contribution in [3.05, 3.63) is 36.2 Å². The fourth-order valence-electron chi connectivity index (χ4n) is 1.90. The predicted molar refractivity (Wildman–Crippen MR) is 76.7 cm³/mol. The minimum absolute atomic E-state index is 0.118. The molecule has 0 bridgehead atoms. The maximum Gasteiger partial charge on any atom is 0.357 e. The first-order chi connectivity index (χ1) is 9.63. The summed E-state index contributed by atoms with van der Waals surface area (Å²) in [7, 11) is 0. The van der Waals surface area contributed by atoms with Crippen molar-refractivity contribution in [2.45, 2.75) is 13.8 Å². The van der Waals surface area contributed by atoms with E-state index in [9.17, 15) is 4.79 Å². The molecule has 0 aliphatic heterocycles. The standard InChI is InChI=1S/C14H17N3O3/c1-3-17(4-2)11-7-5-10(6-8-11)15-14-16-12(9-20-14)13(18)19/h5-9H,3-4H2,1-2H3,(H,15,16)(H,18,19). The van der Waals surface area contributed by atoms with Crippen molar-refractivity contribution < 1.29 is 14.3 Å². The highest BCUT2D eigenvalue weighted by atomic mass is 16.4. The molecule has 6 nitrogen and oxygen atoms in total. The largest absolute Gasteiger partial charge is 0.476 e. The number of hydrogen-bond donors (Lipinski definition) is 2. The summed E-state index contributed by atoms with van der Waals surface area (Å²) < 4.78 is 5.04. The SMILES string of the molecule is CCN(CC)c1ccc(Nc2nc(C(=O)O)co2)cc1. The van der Waals surface area contributed by atoms with E-state index in [4.69, 9.17) is 9.52 Å². The maximum absolute atomic E-state index is 10.7. The van der Waals surface area contributed by atoms with Crippen LogP contribution >= 0.6 is 0 Å². The number of aromatic carboxylic acids is 1. The zero-order chi connectivity index (χ0) is 14.5. The van der Waals surface area contributed by atoms with Gasteiger partial charge in [0.25, 0.3) is 6.01 Å². The molecule has 2 rings (SSSR count). The molecule has 106 valence electrons. The van der Waals surface area contributed by atoms with Gasteiger partial charge in [0, 0.05) is 24.5 Å². The molecular weight excluding hydrogens is 258 g/mol. The maximum atomic E-state index is 10.7. The lowest BCUT2D eigenvalue weighted by atomic mass is 10.2. The van der Waals surface area contributed by atoms with Gasteiger partial charge in [-0.3, -0.25) is 0 Å². The summed E-state index contributed by atoms with van der Waals surface area (Å²) >= 11 is 0. The van der Waals surface area contributed by atoms with Crippen LogP contribution in [-0.4, -0.2) is 29.1 Å². The lowest BCUT2D eigenvalue weighted by molar-refractivity contribution is 0.0690. The van der Waals surface area contributed by atoms with E-state index in [0.29, 0.717) is 0 Å². The Hall–Kier alpha value is -2.50. The van der Waals surface area contributed by atoms with Crippen LogP contribution in [0.4, 0.5) is 17.4 Å². The Morgan fingerprint density at radius 2 is 1.95 bits per heavy atom. The third kappa shape index (κ3) is 3.09. The third-order valence-electron chi connectivity index (χ3n) is 2.97. The first-order valence-electron chi connectivity index (χ1n) is 6.45. The normalized spacial score (nSPS) is 10.3. The number of nitrogens with one attached hydrogen (secondary N) is 1. The van der Waals surface area contributed by atoms with Crippen LogP contribution < -0.4 is 10.2 Å². The Labute approximate surface area is 117 Å². The highest BCUT2D eigenvalue weighted by Gasteiger charge is 2.10. The molecule has 0 unspecified atom stereocenters. The number of hydrogen-bond acceptors (Lipinski definition) is 5. The fourth-order valence-corrected chi connectivity index (χ4v) is 1.90. The Kier molecular flexibility index (Phi) is 4.24.